The molecule has 0 saturated heterocycles. The van der Waals surface area contributed by atoms with Gasteiger partial charge in [-0.15, -0.1) is 0 Å². The lowest BCUT2D eigenvalue weighted by molar-refractivity contribution is -0.152. The number of nitrogens with zero attached hydrogens (tertiary/aromatic N) is 1. The number of hydrogen-bond acceptors (Lipinski definition) is 5. The number of hydrogen-bond donors (Lipinski definition) is 1. The number of oxazole rings is 1. The van der Waals surface area contributed by atoms with E-state index in [1.165, 1.54) is 19.3 Å². The van der Waals surface area contributed by atoms with E-state index in [1.807, 2.05) is 19.1 Å². The standard InChI is InChI=1S/C25H35NO5/c1-5-9-18-12-13-20(16-22(18)31-25(3,4)24(27)28)29-15-14-21-17(2)30-23(26-21)19-10-7-6-8-11-19/h12-13,16,19H,5-11,14-15H2,1-4H3,(H,27,28). The summed E-state index contributed by atoms with van der Waals surface area (Å²) in [6.45, 7) is 7.62. The highest BCUT2D eigenvalue weighted by Gasteiger charge is 2.30. The average Bonchev–Trinajstić information content (AvgIpc) is 3.11. The van der Waals surface area contributed by atoms with Gasteiger partial charge in [0.1, 0.15) is 17.3 Å². The summed E-state index contributed by atoms with van der Waals surface area (Å²) in [7, 11) is 0. The minimum absolute atomic E-state index is 0.450. The maximum atomic E-state index is 11.5. The molecule has 0 amide bonds. The van der Waals surface area contributed by atoms with Crippen LogP contribution in [0.5, 0.6) is 11.5 Å². The molecule has 1 aromatic heterocycles. The van der Waals surface area contributed by atoms with Crippen LogP contribution in [-0.4, -0.2) is 28.3 Å². The van der Waals surface area contributed by atoms with Crippen LogP contribution in [0.1, 0.15) is 88.1 Å². The summed E-state index contributed by atoms with van der Waals surface area (Å²) in [6.07, 6.45) is 8.55. The maximum Gasteiger partial charge on any atom is 0.347 e. The molecule has 1 aromatic carbocycles. The van der Waals surface area contributed by atoms with Gasteiger partial charge in [0.2, 0.25) is 0 Å². The molecule has 1 fully saturated rings. The van der Waals surface area contributed by atoms with Crippen molar-refractivity contribution in [1.82, 2.24) is 4.98 Å². The van der Waals surface area contributed by atoms with E-state index in [0.29, 0.717) is 30.4 Å². The number of aromatic nitrogens is 1. The first-order chi connectivity index (χ1) is 14.8. The molecule has 1 heterocycles. The quantitative estimate of drug-likeness (QED) is 0.510. The third-order valence-electron chi connectivity index (χ3n) is 5.91. The largest absolute Gasteiger partial charge is 0.493 e. The molecule has 0 unspecified atom stereocenters. The predicted molar refractivity (Wildman–Crippen MR) is 119 cm³/mol. The molecule has 0 aliphatic heterocycles. The smallest absolute Gasteiger partial charge is 0.347 e. The molecule has 6 nitrogen and oxygen atoms in total. The van der Waals surface area contributed by atoms with E-state index in [2.05, 4.69) is 6.92 Å². The zero-order chi connectivity index (χ0) is 22.4. The number of aliphatic carboxylic acids is 1. The number of ether oxygens (including phenoxy) is 2. The average molecular weight is 430 g/mol. The Kier molecular flexibility index (Phi) is 7.63. The zero-order valence-electron chi connectivity index (χ0n) is 19.2. The predicted octanol–water partition coefficient (Wildman–Crippen LogP) is 5.85. The molecule has 6 heteroatoms. The van der Waals surface area contributed by atoms with Gasteiger partial charge in [0.05, 0.1) is 12.3 Å². The zero-order valence-corrected chi connectivity index (χ0v) is 19.2. The summed E-state index contributed by atoms with van der Waals surface area (Å²) in [5.74, 6) is 2.41. The topological polar surface area (TPSA) is 81.8 Å². The second-order valence-electron chi connectivity index (χ2n) is 8.93. The molecule has 0 spiro atoms. The van der Waals surface area contributed by atoms with Crippen molar-refractivity contribution in [1.29, 1.82) is 0 Å². The van der Waals surface area contributed by atoms with Crippen LogP contribution in [0.4, 0.5) is 0 Å². The lowest BCUT2D eigenvalue weighted by Gasteiger charge is -2.24. The van der Waals surface area contributed by atoms with Crippen LogP contribution in [0.15, 0.2) is 22.6 Å². The van der Waals surface area contributed by atoms with Crippen LogP contribution in [0.3, 0.4) is 0 Å². The third kappa shape index (κ3) is 6.02. The molecule has 2 aromatic rings. The minimum Gasteiger partial charge on any atom is -0.493 e. The molecular weight excluding hydrogens is 394 g/mol. The number of carboxylic acids is 1. The van der Waals surface area contributed by atoms with Gasteiger partial charge >= 0.3 is 5.97 Å². The molecule has 1 N–H and O–H groups in total. The number of benzene rings is 1. The summed E-state index contributed by atoms with van der Waals surface area (Å²) >= 11 is 0. The Hall–Kier alpha value is -2.50. The van der Waals surface area contributed by atoms with Crippen LogP contribution in [0.25, 0.3) is 0 Å². The van der Waals surface area contributed by atoms with Gasteiger partial charge in [0.25, 0.3) is 0 Å². The highest BCUT2D eigenvalue weighted by Crippen LogP contribution is 2.33. The van der Waals surface area contributed by atoms with Crippen LogP contribution in [-0.2, 0) is 17.6 Å². The summed E-state index contributed by atoms with van der Waals surface area (Å²) < 4.78 is 17.7. The molecule has 3 rings (SSSR count). The van der Waals surface area contributed by atoms with Gasteiger partial charge in [0, 0.05) is 18.4 Å². The van der Waals surface area contributed by atoms with Crippen LogP contribution in [0.2, 0.25) is 0 Å². The van der Waals surface area contributed by atoms with Gasteiger partial charge in [-0.1, -0.05) is 38.7 Å². The van der Waals surface area contributed by atoms with E-state index < -0.39 is 11.6 Å². The minimum atomic E-state index is -1.31. The normalized spacial score (nSPS) is 15.1. The molecule has 1 aliphatic carbocycles. The van der Waals surface area contributed by atoms with Gasteiger partial charge in [-0.25, -0.2) is 9.78 Å². The maximum absolute atomic E-state index is 11.5. The number of carbonyl (C=O) groups is 1. The highest BCUT2D eigenvalue weighted by molar-refractivity contribution is 5.76. The van der Waals surface area contributed by atoms with Gasteiger partial charge < -0.3 is 19.0 Å². The Bertz CT molecular complexity index is 880. The Morgan fingerprint density at radius 3 is 2.65 bits per heavy atom. The third-order valence-corrected chi connectivity index (χ3v) is 5.91. The van der Waals surface area contributed by atoms with Crippen molar-refractivity contribution in [3.63, 3.8) is 0 Å². The fourth-order valence-electron chi connectivity index (χ4n) is 3.99. The monoisotopic (exact) mass is 429 g/mol. The van der Waals surface area contributed by atoms with Crippen molar-refractivity contribution < 1.29 is 23.8 Å². The Balaban J connectivity index is 1.64. The summed E-state index contributed by atoms with van der Waals surface area (Å²) in [6, 6.07) is 5.65. The van der Waals surface area contributed by atoms with Crippen molar-refractivity contribution >= 4 is 5.97 Å². The molecular formula is C25H35NO5. The first kappa shape index (κ1) is 23.2. The van der Waals surface area contributed by atoms with Gasteiger partial charge in [-0.2, -0.15) is 0 Å². The first-order valence-corrected chi connectivity index (χ1v) is 11.4. The Morgan fingerprint density at radius 2 is 1.97 bits per heavy atom. The number of rotatable bonds is 10. The fourth-order valence-corrected chi connectivity index (χ4v) is 3.99. The first-order valence-electron chi connectivity index (χ1n) is 11.4. The van der Waals surface area contributed by atoms with E-state index in [-0.39, 0.29) is 0 Å². The second kappa shape index (κ2) is 10.2. The molecule has 31 heavy (non-hydrogen) atoms. The van der Waals surface area contributed by atoms with Gasteiger partial charge in [0.15, 0.2) is 11.5 Å². The Morgan fingerprint density at radius 1 is 1.23 bits per heavy atom. The van der Waals surface area contributed by atoms with Crippen molar-refractivity contribution in [2.75, 3.05) is 6.61 Å². The van der Waals surface area contributed by atoms with Crippen molar-refractivity contribution in [2.45, 2.75) is 90.6 Å². The number of aryl methyl sites for hydroxylation is 2. The van der Waals surface area contributed by atoms with E-state index in [1.54, 1.807) is 19.9 Å². The van der Waals surface area contributed by atoms with Crippen molar-refractivity contribution in [3.8, 4) is 11.5 Å². The summed E-state index contributed by atoms with van der Waals surface area (Å²) in [4.78, 5) is 16.2. The van der Waals surface area contributed by atoms with Crippen LogP contribution < -0.4 is 9.47 Å². The lowest BCUT2D eigenvalue weighted by atomic mass is 9.89. The SMILES string of the molecule is CCCc1ccc(OCCc2nc(C3CCCCC3)oc2C)cc1OC(C)(C)C(=O)O. The van der Waals surface area contributed by atoms with Gasteiger partial charge in [-0.05, 0) is 51.7 Å². The van der Waals surface area contributed by atoms with E-state index in [9.17, 15) is 9.90 Å². The van der Waals surface area contributed by atoms with E-state index in [0.717, 1.165) is 48.6 Å². The lowest BCUT2D eigenvalue weighted by Crippen LogP contribution is -2.38. The molecule has 0 atom stereocenters. The van der Waals surface area contributed by atoms with Crippen LogP contribution >= 0.6 is 0 Å². The number of carboxylic acid groups (broad SMARTS) is 1. The summed E-state index contributed by atoms with van der Waals surface area (Å²) in [5, 5.41) is 9.41. The van der Waals surface area contributed by atoms with Crippen LogP contribution in [0, 0.1) is 6.92 Å². The van der Waals surface area contributed by atoms with E-state index in [4.69, 9.17) is 18.9 Å². The molecule has 170 valence electrons. The molecule has 1 aliphatic rings. The Labute approximate surface area is 185 Å². The van der Waals surface area contributed by atoms with Crippen molar-refractivity contribution in [3.05, 3.63) is 41.1 Å². The second-order valence-corrected chi connectivity index (χ2v) is 8.93. The fraction of sp³-hybridized carbons (Fsp3) is 0.600. The van der Waals surface area contributed by atoms with Gasteiger partial charge in [-0.3, -0.25) is 0 Å². The molecule has 0 bridgehead atoms. The molecule has 1 saturated carbocycles. The highest BCUT2D eigenvalue weighted by atomic mass is 16.5. The van der Waals surface area contributed by atoms with Crippen molar-refractivity contribution in [2.24, 2.45) is 0 Å². The summed E-state index contributed by atoms with van der Waals surface area (Å²) in [5.41, 5.74) is 0.620. The molecule has 0 radical (unpaired) electrons. The van der Waals surface area contributed by atoms with E-state index >= 15 is 0 Å².